The van der Waals surface area contributed by atoms with Crippen molar-refractivity contribution in [3.8, 4) is 0 Å². The molecule has 26 heavy (non-hydrogen) atoms. The van der Waals surface area contributed by atoms with Crippen LogP contribution in [0.2, 0.25) is 5.02 Å². The second-order valence-corrected chi connectivity index (χ2v) is 6.64. The van der Waals surface area contributed by atoms with Crippen LogP contribution in [-0.4, -0.2) is 27.8 Å². The van der Waals surface area contributed by atoms with Crippen LogP contribution in [0.25, 0.3) is 0 Å². The molecule has 0 saturated carbocycles. The lowest BCUT2D eigenvalue weighted by molar-refractivity contribution is -0.136. The minimum atomic E-state index is -4.53. The number of piperidine rings is 1. The molecule has 1 aromatic heterocycles. The van der Waals surface area contributed by atoms with E-state index in [1.807, 2.05) is 0 Å². The van der Waals surface area contributed by atoms with Crippen LogP contribution < -0.4 is 10.2 Å². The van der Waals surface area contributed by atoms with E-state index in [1.165, 1.54) is 18.3 Å². The molecule has 0 amide bonds. The molecule has 2 heterocycles. The van der Waals surface area contributed by atoms with Gasteiger partial charge in [0.15, 0.2) is 5.82 Å². The summed E-state index contributed by atoms with van der Waals surface area (Å²) in [6, 6.07) is 3.88. The van der Waals surface area contributed by atoms with Crippen LogP contribution in [0.4, 0.5) is 30.6 Å². The number of halogens is 4. The van der Waals surface area contributed by atoms with Crippen LogP contribution in [0.3, 0.4) is 0 Å². The predicted octanol–water partition coefficient (Wildman–Crippen LogP) is 5.06. The summed E-state index contributed by atoms with van der Waals surface area (Å²) in [5.41, 5.74) is -0.978. The van der Waals surface area contributed by atoms with E-state index < -0.39 is 11.7 Å². The molecule has 5 nitrogen and oxygen atoms in total. The summed E-state index contributed by atoms with van der Waals surface area (Å²) in [7, 11) is 0. The number of nitrogens with zero attached hydrogens (tertiary/aromatic N) is 4. The number of rotatable bonds is 4. The summed E-state index contributed by atoms with van der Waals surface area (Å²) in [6.45, 7) is 2.92. The molecule has 140 valence electrons. The number of anilines is 3. The molecule has 1 N–H and O–H groups in total. The van der Waals surface area contributed by atoms with E-state index in [0.717, 1.165) is 38.3 Å². The number of hydrogen-bond acceptors (Lipinski definition) is 5. The van der Waals surface area contributed by atoms with Crippen LogP contribution in [-0.2, 0) is 6.18 Å². The quantitative estimate of drug-likeness (QED) is 0.797. The predicted molar refractivity (Wildman–Crippen MR) is 94.8 cm³/mol. The Morgan fingerprint density at radius 1 is 1.31 bits per heavy atom. The number of aromatic nitrogens is 3. The molecule has 0 aliphatic carbocycles. The topological polar surface area (TPSA) is 53.9 Å². The lowest BCUT2D eigenvalue weighted by atomic mass is 10.0. The van der Waals surface area contributed by atoms with Gasteiger partial charge < -0.3 is 10.2 Å². The summed E-state index contributed by atoms with van der Waals surface area (Å²) in [5.74, 6) is 0.646. The fraction of sp³-hybridized carbons (Fsp3) is 0.471. The molecule has 1 aliphatic rings. The van der Waals surface area contributed by atoms with Gasteiger partial charge in [-0.25, -0.2) is 0 Å². The number of benzene rings is 1. The lowest BCUT2D eigenvalue weighted by Crippen LogP contribution is -2.40. The van der Waals surface area contributed by atoms with E-state index in [2.05, 4.69) is 32.3 Å². The Morgan fingerprint density at radius 2 is 2.12 bits per heavy atom. The van der Waals surface area contributed by atoms with Crippen molar-refractivity contribution in [1.29, 1.82) is 0 Å². The zero-order chi connectivity index (χ0) is 18.7. The second-order valence-electron chi connectivity index (χ2n) is 6.21. The third kappa shape index (κ3) is 4.17. The van der Waals surface area contributed by atoms with Gasteiger partial charge in [-0.2, -0.15) is 23.3 Å². The lowest BCUT2D eigenvalue weighted by Gasteiger charge is -2.34. The smallest absolute Gasteiger partial charge is 0.338 e. The Morgan fingerprint density at radius 3 is 2.85 bits per heavy atom. The van der Waals surface area contributed by atoms with Gasteiger partial charge in [-0.15, -0.1) is 5.10 Å². The van der Waals surface area contributed by atoms with E-state index in [0.29, 0.717) is 12.0 Å². The Bertz CT molecular complexity index is 768. The molecule has 1 fully saturated rings. The molecule has 1 atom stereocenters. The largest absolute Gasteiger partial charge is 0.418 e. The molecule has 0 spiro atoms. The van der Waals surface area contributed by atoms with Crippen molar-refractivity contribution < 1.29 is 13.2 Å². The molecule has 9 heteroatoms. The first kappa shape index (κ1) is 18.7. The van der Waals surface area contributed by atoms with Gasteiger partial charge in [0, 0.05) is 17.6 Å². The first-order chi connectivity index (χ1) is 12.4. The summed E-state index contributed by atoms with van der Waals surface area (Å²) in [5, 5.41) is 10.7. The zero-order valence-electron chi connectivity index (χ0n) is 14.2. The van der Waals surface area contributed by atoms with Crippen molar-refractivity contribution in [2.45, 2.75) is 44.8 Å². The number of nitrogens with one attached hydrogen (secondary N) is 1. The Hall–Kier alpha value is -2.09. The van der Waals surface area contributed by atoms with Crippen molar-refractivity contribution in [3.63, 3.8) is 0 Å². The molecule has 1 unspecified atom stereocenters. The van der Waals surface area contributed by atoms with Gasteiger partial charge in [0.25, 0.3) is 0 Å². The van der Waals surface area contributed by atoms with Crippen molar-refractivity contribution in [1.82, 2.24) is 15.2 Å². The number of hydrogen-bond donors (Lipinski definition) is 1. The minimum Gasteiger partial charge on any atom is -0.338 e. The van der Waals surface area contributed by atoms with E-state index in [4.69, 9.17) is 11.6 Å². The summed E-state index contributed by atoms with van der Waals surface area (Å²) < 4.78 is 39.7. The molecular weight excluding hydrogens is 367 g/mol. The highest BCUT2D eigenvalue weighted by Crippen LogP contribution is 2.37. The molecule has 1 aromatic carbocycles. The maximum atomic E-state index is 13.2. The zero-order valence-corrected chi connectivity index (χ0v) is 15.0. The third-order valence-corrected chi connectivity index (χ3v) is 4.69. The highest BCUT2D eigenvalue weighted by molar-refractivity contribution is 6.30. The normalized spacial score (nSPS) is 18.0. The first-order valence-corrected chi connectivity index (χ1v) is 8.86. The van der Waals surface area contributed by atoms with Crippen molar-refractivity contribution >= 4 is 29.1 Å². The van der Waals surface area contributed by atoms with Crippen LogP contribution in [0, 0.1) is 0 Å². The van der Waals surface area contributed by atoms with Crippen molar-refractivity contribution in [2.24, 2.45) is 0 Å². The Kier molecular flexibility index (Phi) is 5.50. The fourth-order valence-corrected chi connectivity index (χ4v) is 3.33. The Balaban J connectivity index is 1.88. The molecule has 0 radical (unpaired) electrons. The maximum absolute atomic E-state index is 13.2. The summed E-state index contributed by atoms with van der Waals surface area (Å²) in [4.78, 5) is 6.45. The molecule has 0 bridgehead atoms. The molecule has 1 saturated heterocycles. The van der Waals surface area contributed by atoms with Gasteiger partial charge in [0.2, 0.25) is 5.95 Å². The van der Waals surface area contributed by atoms with Crippen molar-refractivity contribution in [2.75, 3.05) is 16.8 Å². The minimum absolute atomic E-state index is 0.0171. The van der Waals surface area contributed by atoms with Gasteiger partial charge in [-0.1, -0.05) is 18.5 Å². The molecular formula is C17H19ClF3N5. The highest BCUT2D eigenvalue weighted by Gasteiger charge is 2.34. The van der Waals surface area contributed by atoms with Gasteiger partial charge in [-0.05, 0) is 43.9 Å². The number of alkyl halides is 3. The van der Waals surface area contributed by atoms with Crippen molar-refractivity contribution in [3.05, 3.63) is 35.0 Å². The van der Waals surface area contributed by atoms with Crippen LogP contribution in [0.1, 0.15) is 38.2 Å². The average Bonchev–Trinajstić information content (AvgIpc) is 2.62. The van der Waals surface area contributed by atoms with E-state index >= 15 is 0 Å². The first-order valence-electron chi connectivity index (χ1n) is 8.48. The van der Waals surface area contributed by atoms with Gasteiger partial charge in [-0.3, -0.25) is 0 Å². The standard InChI is InChI=1S/C17H19ClF3N5/c1-2-12-5-3-4-8-26(12)16-24-15(10-22-25-16)23-14-7-6-11(18)9-13(14)17(19,20)21/h6-7,9-10,12H,2-5,8H2,1H3,(H,23,24,25). The molecule has 3 rings (SSSR count). The van der Waals surface area contributed by atoms with Gasteiger partial charge >= 0.3 is 6.18 Å². The third-order valence-electron chi connectivity index (χ3n) is 4.45. The maximum Gasteiger partial charge on any atom is 0.418 e. The van der Waals surface area contributed by atoms with Crippen LogP contribution in [0.15, 0.2) is 24.4 Å². The summed E-state index contributed by atoms with van der Waals surface area (Å²) in [6.07, 6.45) is 0.968. The average molecular weight is 386 g/mol. The van der Waals surface area contributed by atoms with E-state index in [9.17, 15) is 13.2 Å². The van der Waals surface area contributed by atoms with Crippen LogP contribution >= 0.6 is 11.6 Å². The SMILES string of the molecule is CCC1CCCCN1c1nncc(Nc2ccc(Cl)cc2C(F)(F)F)n1. The second kappa shape index (κ2) is 7.65. The van der Waals surface area contributed by atoms with Gasteiger partial charge in [0.1, 0.15) is 0 Å². The molecule has 2 aromatic rings. The van der Waals surface area contributed by atoms with Gasteiger partial charge in [0.05, 0.1) is 17.4 Å². The fourth-order valence-electron chi connectivity index (χ4n) is 3.16. The Labute approximate surface area is 154 Å². The highest BCUT2D eigenvalue weighted by atomic mass is 35.5. The van der Waals surface area contributed by atoms with Crippen LogP contribution in [0.5, 0.6) is 0 Å². The summed E-state index contributed by atoms with van der Waals surface area (Å²) >= 11 is 5.71. The van der Waals surface area contributed by atoms with E-state index in [-0.39, 0.29) is 16.5 Å². The van der Waals surface area contributed by atoms with E-state index in [1.54, 1.807) is 0 Å². The molecule has 1 aliphatic heterocycles. The monoisotopic (exact) mass is 385 g/mol.